The van der Waals surface area contributed by atoms with Crippen molar-refractivity contribution in [3.63, 3.8) is 0 Å². The Morgan fingerprint density at radius 3 is 2.70 bits per heavy atom. The van der Waals surface area contributed by atoms with E-state index >= 15 is 0 Å². The fourth-order valence-electron chi connectivity index (χ4n) is 2.11. The van der Waals surface area contributed by atoms with Crippen LogP contribution in [0.5, 0.6) is 0 Å². The summed E-state index contributed by atoms with van der Waals surface area (Å²) in [6.45, 7) is 3.07. The minimum absolute atomic E-state index is 0.0145. The molecule has 20 heavy (non-hydrogen) atoms. The summed E-state index contributed by atoms with van der Waals surface area (Å²) in [6, 6.07) is 1.52. The number of hydrogen-bond donors (Lipinski definition) is 1. The van der Waals surface area contributed by atoms with Gasteiger partial charge in [-0.15, -0.1) is 0 Å². The zero-order valence-corrected chi connectivity index (χ0v) is 11.2. The molecule has 0 aliphatic carbocycles. The van der Waals surface area contributed by atoms with Crippen molar-refractivity contribution in [1.82, 2.24) is 19.5 Å². The summed E-state index contributed by atoms with van der Waals surface area (Å²) in [5, 5.41) is 9.21. The number of carboxylic acid groups (broad SMARTS) is 1. The van der Waals surface area contributed by atoms with Crippen molar-refractivity contribution in [1.29, 1.82) is 0 Å². The quantitative estimate of drug-likeness (QED) is 0.892. The number of aromatic nitrogens is 4. The van der Waals surface area contributed by atoms with E-state index < -0.39 is 5.97 Å². The zero-order valence-electron chi connectivity index (χ0n) is 11.2. The Labute approximate surface area is 115 Å². The smallest absolute Gasteiger partial charge is 0.354 e. The lowest BCUT2D eigenvalue weighted by atomic mass is 9.84. The minimum atomic E-state index is -1.07. The van der Waals surface area contributed by atoms with Gasteiger partial charge in [-0.1, -0.05) is 0 Å². The van der Waals surface area contributed by atoms with Crippen LogP contribution in [0.25, 0.3) is 11.5 Å². The van der Waals surface area contributed by atoms with E-state index in [1.807, 2.05) is 14.0 Å². The van der Waals surface area contributed by atoms with Crippen LogP contribution in [0.1, 0.15) is 23.1 Å². The number of imidazole rings is 1. The van der Waals surface area contributed by atoms with Gasteiger partial charge >= 0.3 is 5.97 Å². The summed E-state index contributed by atoms with van der Waals surface area (Å²) in [7, 11) is 1.81. The third-order valence-corrected chi connectivity index (χ3v) is 3.45. The number of aromatic carboxylic acids is 1. The molecule has 0 radical (unpaired) electrons. The Hall–Kier alpha value is -2.28. The van der Waals surface area contributed by atoms with Crippen molar-refractivity contribution in [2.75, 3.05) is 13.2 Å². The highest BCUT2D eigenvalue weighted by Gasteiger charge is 2.38. The average molecular weight is 274 g/mol. The lowest BCUT2D eigenvalue weighted by Gasteiger charge is -2.37. The molecule has 3 heterocycles. The fraction of sp³-hybridized carbons (Fsp3) is 0.385. The van der Waals surface area contributed by atoms with Gasteiger partial charge in [0.2, 0.25) is 0 Å². The molecule has 2 aromatic heterocycles. The summed E-state index contributed by atoms with van der Waals surface area (Å²) in [6.07, 6.45) is 3.24. The van der Waals surface area contributed by atoms with Crippen LogP contribution in [-0.4, -0.2) is 43.8 Å². The number of carbonyl (C=O) groups is 1. The third-order valence-electron chi connectivity index (χ3n) is 3.45. The van der Waals surface area contributed by atoms with Crippen molar-refractivity contribution in [3.05, 3.63) is 30.0 Å². The van der Waals surface area contributed by atoms with Gasteiger partial charge in [0.05, 0.1) is 36.8 Å². The Kier molecular flexibility index (Phi) is 2.79. The Bertz CT molecular complexity index is 676. The Morgan fingerprint density at radius 2 is 2.20 bits per heavy atom. The fourth-order valence-corrected chi connectivity index (χ4v) is 2.11. The first kappa shape index (κ1) is 12.7. The van der Waals surface area contributed by atoms with Crippen molar-refractivity contribution < 1.29 is 14.6 Å². The first-order valence-corrected chi connectivity index (χ1v) is 6.17. The molecular weight excluding hydrogens is 260 g/mol. The van der Waals surface area contributed by atoms with Gasteiger partial charge in [-0.2, -0.15) is 0 Å². The molecule has 104 valence electrons. The van der Waals surface area contributed by atoms with Crippen molar-refractivity contribution in [3.8, 4) is 11.5 Å². The van der Waals surface area contributed by atoms with Crippen LogP contribution in [0.2, 0.25) is 0 Å². The highest BCUT2D eigenvalue weighted by molar-refractivity contribution is 5.86. The molecule has 2 aromatic rings. The highest BCUT2D eigenvalue weighted by Crippen LogP contribution is 2.31. The van der Waals surface area contributed by atoms with E-state index in [-0.39, 0.29) is 11.1 Å². The maximum atomic E-state index is 11.2. The second-order valence-electron chi connectivity index (χ2n) is 5.21. The van der Waals surface area contributed by atoms with E-state index in [1.165, 1.54) is 6.07 Å². The normalized spacial score (nSPS) is 16.7. The Morgan fingerprint density at radius 1 is 1.45 bits per heavy atom. The topological polar surface area (TPSA) is 90.1 Å². The number of hydrogen-bond acceptors (Lipinski definition) is 5. The van der Waals surface area contributed by atoms with Crippen LogP contribution in [-0.2, 0) is 17.2 Å². The summed E-state index contributed by atoms with van der Waals surface area (Å²) >= 11 is 0. The highest BCUT2D eigenvalue weighted by atomic mass is 16.5. The number of nitrogens with zero attached hydrogens (tertiary/aromatic N) is 4. The molecule has 1 saturated heterocycles. The average Bonchev–Trinajstić information content (AvgIpc) is 2.81. The first-order valence-electron chi connectivity index (χ1n) is 6.17. The van der Waals surface area contributed by atoms with Gasteiger partial charge in [0.1, 0.15) is 5.69 Å². The van der Waals surface area contributed by atoms with Gasteiger partial charge in [0.25, 0.3) is 0 Å². The molecule has 1 aliphatic heterocycles. The molecule has 7 nitrogen and oxygen atoms in total. The number of ether oxygens (including phenoxy) is 1. The number of rotatable bonds is 3. The summed E-state index contributed by atoms with van der Waals surface area (Å²) < 4.78 is 6.98. The summed E-state index contributed by atoms with van der Waals surface area (Å²) in [5.74, 6) is -0.700. The van der Waals surface area contributed by atoms with Gasteiger partial charge in [0.15, 0.2) is 11.5 Å². The first-order chi connectivity index (χ1) is 9.49. The van der Waals surface area contributed by atoms with Crippen LogP contribution in [0.15, 0.2) is 18.6 Å². The third kappa shape index (κ3) is 1.96. The van der Waals surface area contributed by atoms with Gasteiger partial charge in [-0.3, -0.25) is 0 Å². The van der Waals surface area contributed by atoms with Crippen molar-refractivity contribution >= 4 is 5.97 Å². The van der Waals surface area contributed by atoms with Crippen molar-refractivity contribution in [2.24, 2.45) is 7.05 Å². The van der Waals surface area contributed by atoms with E-state index in [2.05, 4.69) is 15.0 Å². The maximum Gasteiger partial charge on any atom is 0.354 e. The van der Waals surface area contributed by atoms with Crippen LogP contribution in [0.3, 0.4) is 0 Å². The van der Waals surface area contributed by atoms with Gasteiger partial charge in [0, 0.05) is 7.05 Å². The molecule has 0 unspecified atom stereocenters. The van der Waals surface area contributed by atoms with Crippen LogP contribution in [0, 0.1) is 0 Å². The molecule has 7 heteroatoms. The van der Waals surface area contributed by atoms with Crippen molar-refractivity contribution in [2.45, 2.75) is 12.3 Å². The molecular formula is C13H14N4O3. The molecule has 0 saturated carbocycles. The van der Waals surface area contributed by atoms with Crippen LogP contribution < -0.4 is 0 Å². The molecule has 0 spiro atoms. The van der Waals surface area contributed by atoms with E-state index in [0.29, 0.717) is 30.4 Å². The molecule has 1 N–H and O–H groups in total. The van der Waals surface area contributed by atoms with Gasteiger partial charge in [-0.05, 0) is 13.0 Å². The van der Waals surface area contributed by atoms with Crippen LogP contribution >= 0.6 is 0 Å². The summed E-state index contributed by atoms with van der Waals surface area (Å²) in [5.41, 5.74) is 1.10. The summed E-state index contributed by atoms with van der Waals surface area (Å²) in [4.78, 5) is 23.9. The van der Waals surface area contributed by atoms with E-state index in [1.54, 1.807) is 17.1 Å². The molecule has 0 amide bonds. The molecule has 0 aromatic carbocycles. The molecule has 1 aliphatic rings. The SMILES string of the molecule is Cn1cncc1-c1nc(C(=O)O)cc(C2(C)COC2)n1. The van der Waals surface area contributed by atoms with E-state index in [0.717, 1.165) is 0 Å². The molecule has 0 atom stereocenters. The Balaban J connectivity index is 2.15. The standard InChI is InChI=1S/C13H14N4O3/c1-13(5-20-6-13)10-3-8(12(18)19)15-11(16-10)9-4-14-7-17(9)2/h3-4,7H,5-6H2,1-2H3,(H,18,19). The predicted molar refractivity (Wildman–Crippen MR) is 69.4 cm³/mol. The minimum Gasteiger partial charge on any atom is -0.477 e. The van der Waals surface area contributed by atoms with Crippen LogP contribution in [0.4, 0.5) is 0 Å². The lowest BCUT2D eigenvalue weighted by Crippen LogP contribution is -2.44. The van der Waals surface area contributed by atoms with Gasteiger partial charge < -0.3 is 14.4 Å². The second-order valence-corrected chi connectivity index (χ2v) is 5.21. The zero-order chi connectivity index (χ0) is 14.3. The number of carboxylic acids is 1. The molecule has 1 fully saturated rings. The van der Waals surface area contributed by atoms with Gasteiger partial charge in [-0.25, -0.2) is 19.7 Å². The number of aryl methyl sites for hydroxylation is 1. The van der Waals surface area contributed by atoms with E-state index in [4.69, 9.17) is 4.74 Å². The lowest BCUT2D eigenvalue weighted by molar-refractivity contribution is -0.0521. The molecule has 0 bridgehead atoms. The monoisotopic (exact) mass is 274 g/mol. The molecule has 3 rings (SSSR count). The van der Waals surface area contributed by atoms with E-state index in [9.17, 15) is 9.90 Å². The largest absolute Gasteiger partial charge is 0.477 e. The maximum absolute atomic E-state index is 11.2. The second kappa shape index (κ2) is 4.38. The predicted octanol–water partition coefficient (Wildman–Crippen LogP) is 0.863.